The summed E-state index contributed by atoms with van der Waals surface area (Å²) in [4.78, 5) is 4.34. The molecule has 1 aliphatic rings. The number of aryl methyl sites for hydroxylation is 1. The molecule has 3 rings (SSSR count). The Hall–Kier alpha value is -1.89. The van der Waals surface area contributed by atoms with Crippen LogP contribution in [-0.2, 0) is 0 Å². The van der Waals surface area contributed by atoms with Crippen LogP contribution in [0.3, 0.4) is 0 Å². The predicted octanol–water partition coefficient (Wildman–Crippen LogP) is 1.65. The topological polar surface area (TPSA) is 88.3 Å². The van der Waals surface area contributed by atoms with E-state index in [-0.39, 0.29) is 6.79 Å². The van der Waals surface area contributed by atoms with Crippen molar-refractivity contribution >= 4 is 21.7 Å². The van der Waals surface area contributed by atoms with E-state index in [0.29, 0.717) is 28.8 Å². The number of rotatable bonds is 1. The molecule has 2 aromatic rings. The van der Waals surface area contributed by atoms with E-state index in [1.54, 1.807) is 6.92 Å². The van der Waals surface area contributed by atoms with E-state index >= 15 is 0 Å². The Kier molecular flexibility index (Phi) is 2.37. The lowest BCUT2D eigenvalue weighted by Gasteiger charge is -2.04. The molecule has 0 radical (unpaired) electrons. The largest absolute Gasteiger partial charge is 0.454 e. The molecule has 1 aromatic carbocycles. The van der Waals surface area contributed by atoms with Crippen LogP contribution in [0, 0.1) is 6.92 Å². The molecule has 0 amide bonds. The molecule has 6 nitrogen and oxygen atoms in total. The van der Waals surface area contributed by atoms with Crippen LogP contribution in [0.1, 0.15) is 5.82 Å². The molecule has 0 aliphatic carbocycles. The quantitative estimate of drug-likeness (QED) is 0.782. The van der Waals surface area contributed by atoms with Gasteiger partial charge in [0, 0.05) is 5.56 Å². The molecular weight excluding hydrogens is 300 g/mol. The van der Waals surface area contributed by atoms with E-state index in [4.69, 9.17) is 21.1 Å². The lowest BCUT2D eigenvalue weighted by atomic mass is 10.1. The maximum atomic E-state index is 5.92. The van der Waals surface area contributed by atoms with Crippen LogP contribution in [0.15, 0.2) is 16.6 Å². The monoisotopic (exact) mass is 310 g/mol. The molecule has 0 spiro atoms. The summed E-state index contributed by atoms with van der Waals surface area (Å²) in [5.41, 5.74) is 7.38. The van der Waals surface area contributed by atoms with Crippen molar-refractivity contribution in [2.24, 2.45) is 0 Å². The Balaban J connectivity index is 2.18. The first-order valence-corrected chi connectivity index (χ1v) is 6.06. The van der Waals surface area contributed by atoms with Gasteiger partial charge in [-0.05, 0) is 35.0 Å². The lowest BCUT2D eigenvalue weighted by molar-refractivity contribution is 0.173. The highest BCUT2D eigenvalue weighted by molar-refractivity contribution is 9.10. The molecular formula is C11H11BrN4O2. The van der Waals surface area contributed by atoms with Crippen molar-refractivity contribution in [3.05, 3.63) is 22.4 Å². The minimum Gasteiger partial charge on any atom is -0.454 e. The Morgan fingerprint density at radius 3 is 2.83 bits per heavy atom. The molecule has 1 aromatic heterocycles. The van der Waals surface area contributed by atoms with Gasteiger partial charge in [-0.15, -0.1) is 0 Å². The third-order valence-corrected chi connectivity index (χ3v) is 3.41. The van der Waals surface area contributed by atoms with E-state index in [9.17, 15) is 0 Å². The van der Waals surface area contributed by atoms with Crippen LogP contribution in [-0.4, -0.2) is 16.5 Å². The zero-order valence-electron chi connectivity index (χ0n) is 9.61. The number of nitrogens with zero attached hydrogens (tertiary/aromatic N) is 2. The zero-order valence-corrected chi connectivity index (χ0v) is 11.2. The van der Waals surface area contributed by atoms with Gasteiger partial charge in [0.25, 0.3) is 0 Å². The second kappa shape index (κ2) is 3.81. The summed E-state index contributed by atoms with van der Waals surface area (Å²) in [5, 5.41) is 0. The highest BCUT2D eigenvalue weighted by atomic mass is 79.9. The van der Waals surface area contributed by atoms with Gasteiger partial charge in [-0.1, -0.05) is 0 Å². The normalized spacial score (nSPS) is 13.0. The number of fused-ring (bicyclic) bond motifs is 1. The maximum absolute atomic E-state index is 5.92. The lowest BCUT2D eigenvalue weighted by Crippen LogP contribution is -2.13. The minimum absolute atomic E-state index is 0.219. The van der Waals surface area contributed by atoms with Crippen molar-refractivity contribution in [1.29, 1.82) is 0 Å². The first kappa shape index (κ1) is 11.2. The van der Waals surface area contributed by atoms with E-state index in [2.05, 4.69) is 20.9 Å². The molecule has 0 saturated carbocycles. The number of nitrogen functional groups attached to an aromatic ring is 2. The van der Waals surface area contributed by atoms with Gasteiger partial charge in [-0.3, -0.25) is 0 Å². The summed E-state index contributed by atoms with van der Waals surface area (Å²) in [7, 11) is 0. The highest BCUT2D eigenvalue weighted by Crippen LogP contribution is 2.43. The van der Waals surface area contributed by atoms with Crippen molar-refractivity contribution in [3.8, 4) is 22.8 Å². The summed E-state index contributed by atoms with van der Waals surface area (Å²) in [5.74, 6) is 8.18. The number of hydrogen-bond acceptors (Lipinski definition) is 5. The number of hydrogen-bond donors (Lipinski definition) is 2. The van der Waals surface area contributed by atoms with E-state index in [0.717, 1.165) is 10.0 Å². The number of anilines is 1. The van der Waals surface area contributed by atoms with Crippen LogP contribution in [0.4, 0.5) is 5.82 Å². The van der Waals surface area contributed by atoms with Gasteiger partial charge in [-0.2, -0.15) is 0 Å². The van der Waals surface area contributed by atoms with Gasteiger partial charge in [0.2, 0.25) is 6.79 Å². The summed E-state index contributed by atoms with van der Waals surface area (Å²) in [6.07, 6.45) is 0. The molecule has 0 fully saturated rings. The van der Waals surface area contributed by atoms with Crippen LogP contribution in [0.25, 0.3) is 11.3 Å². The molecule has 0 atom stereocenters. The van der Waals surface area contributed by atoms with E-state index in [1.165, 1.54) is 4.68 Å². The Morgan fingerprint density at radius 1 is 1.39 bits per heavy atom. The summed E-state index contributed by atoms with van der Waals surface area (Å²) in [6.45, 7) is 2.01. The van der Waals surface area contributed by atoms with Gasteiger partial charge < -0.3 is 21.1 Å². The molecule has 1 aliphatic heterocycles. The molecule has 7 heteroatoms. The van der Waals surface area contributed by atoms with Gasteiger partial charge in [0.15, 0.2) is 17.3 Å². The fourth-order valence-corrected chi connectivity index (χ4v) is 2.43. The second-order valence-corrected chi connectivity index (χ2v) is 4.81. The van der Waals surface area contributed by atoms with Gasteiger partial charge >= 0.3 is 0 Å². The van der Waals surface area contributed by atoms with Crippen LogP contribution in [0.2, 0.25) is 0 Å². The van der Waals surface area contributed by atoms with Crippen molar-refractivity contribution < 1.29 is 9.47 Å². The first-order chi connectivity index (χ1) is 8.58. The number of ether oxygens (including phenoxy) is 2. The number of nitrogens with two attached hydrogens (primary N) is 2. The SMILES string of the molecule is Cc1nc(-c2cc(Br)c3c(c2)OCO3)c(N)n1N. The number of benzene rings is 1. The minimum atomic E-state index is 0.219. The molecule has 94 valence electrons. The molecule has 4 N–H and O–H groups in total. The maximum Gasteiger partial charge on any atom is 0.231 e. The van der Waals surface area contributed by atoms with Crippen molar-refractivity contribution in [2.45, 2.75) is 6.92 Å². The standard InChI is InChI=1S/C11H11BrN4O2/c1-5-15-9(11(13)16(5)14)6-2-7(12)10-8(3-6)17-4-18-10/h2-3H,4,13-14H2,1H3. The van der Waals surface area contributed by atoms with Crippen molar-refractivity contribution in [1.82, 2.24) is 9.66 Å². The first-order valence-electron chi connectivity index (χ1n) is 5.27. The van der Waals surface area contributed by atoms with Crippen molar-refractivity contribution in [2.75, 3.05) is 18.4 Å². The Morgan fingerprint density at radius 2 is 2.17 bits per heavy atom. The third-order valence-electron chi connectivity index (χ3n) is 2.83. The van der Waals surface area contributed by atoms with Crippen molar-refractivity contribution in [3.63, 3.8) is 0 Å². The molecule has 0 unspecified atom stereocenters. The molecule has 0 saturated heterocycles. The van der Waals surface area contributed by atoms with Gasteiger partial charge in [0.1, 0.15) is 11.5 Å². The average molecular weight is 311 g/mol. The van der Waals surface area contributed by atoms with E-state index in [1.807, 2.05) is 12.1 Å². The van der Waals surface area contributed by atoms with Crippen LogP contribution in [0.5, 0.6) is 11.5 Å². The fraction of sp³-hybridized carbons (Fsp3) is 0.182. The zero-order chi connectivity index (χ0) is 12.9. The highest BCUT2D eigenvalue weighted by Gasteiger charge is 2.21. The summed E-state index contributed by atoms with van der Waals surface area (Å²) < 4.78 is 12.8. The Labute approximate surface area is 112 Å². The smallest absolute Gasteiger partial charge is 0.231 e. The third kappa shape index (κ3) is 1.51. The average Bonchev–Trinajstić information content (AvgIpc) is 2.90. The second-order valence-electron chi connectivity index (χ2n) is 3.95. The molecule has 0 bridgehead atoms. The van der Waals surface area contributed by atoms with Gasteiger partial charge in [-0.25, -0.2) is 9.66 Å². The summed E-state index contributed by atoms with van der Waals surface area (Å²) >= 11 is 3.43. The van der Waals surface area contributed by atoms with Gasteiger partial charge in [0.05, 0.1) is 4.47 Å². The number of imidazole rings is 1. The van der Waals surface area contributed by atoms with Crippen LogP contribution >= 0.6 is 15.9 Å². The number of aromatic nitrogens is 2. The fourth-order valence-electron chi connectivity index (χ4n) is 1.88. The predicted molar refractivity (Wildman–Crippen MR) is 70.8 cm³/mol. The van der Waals surface area contributed by atoms with Crippen LogP contribution < -0.4 is 21.1 Å². The Bertz CT molecular complexity index is 638. The van der Waals surface area contributed by atoms with E-state index < -0.39 is 0 Å². The molecule has 2 heterocycles. The number of halogens is 1. The summed E-state index contributed by atoms with van der Waals surface area (Å²) in [6, 6.07) is 3.72. The molecule has 18 heavy (non-hydrogen) atoms.